The van der Waals surface area contributed by atoms with Gasteiger partial charge in [-0.1, -0.05) is 143 Å². The molecule has 1 unspecified atom stereocenters. The van der Waals surface area contributed by atoms with Gasteiger partial charge < -0.3 is 9.84 Å². The number of hydrogen-bond donors (Lipinski definition) is 2. The van der Waals surface area contributed by atoms with Crippen molar-refractivity contribution in [2.45, 2.75) is 174 Å². The summed E-state index contributed by atoms with van der Waals surface area (Å²) in [6.45, 7) is 6.73. The molecule has 0 rings (SSSR count). The van der Waals surface area contributed by atoms with Gasteiger partial charge >= 0.3 is 11.9 Å². The fourth-order valence-corrected chi connectivity index (χ4v) is 4.33. The predicted molar refractivity (Wildman–Crippen MR) is 155 cm³/mol. The van der Waals surface area contributed by atoms with Gasteiger partial charge in [-0.2, -0.15) is 12.6 Å². The average molecular weight is 517 g/mol. The van der Waals surface area contributed by atoms with Gasteiger partial charge in [0.2, 0.25) is 0 Å². The lowest BCUT2D eigenvalue weighted by molar-refractivity contribution is -0.143. The molecule has 0 aliphatic rings. The average Bonchev–Trinajstić information content (AvgIpc) is 2.84. The van der Waals surface area contributed by atoms with Gasteiger partial charge in [0.15, 0.2) is 0 Å². The third kappa shape index (κ3) is 35.5. The maximum atomic E-state index is 11.9. The Kier molecular flexibility index (Phi) is 32.6. The minimum Gasteiger partial charge on any atom is -0.481 e. The van der Waals surface area contributed by atoms with Crippen LogP contribution in [0, 0.1) is 0 Å². The van der Waals surface area contributed by atoms with Crippen molar-refractivity contribution < 1.29 is 19.4 Å². The number of aliphatic carboxylic acids is 1. The van der Waals surface area contributed by atoms with E-state index >= 15 is 0 Å². The van der Waals surface area contributed by atoms with Crippen LogP contribution < -0.4 is 0 Å². The van der Waals surface area contributed by atoms with Crippen molar-refractivity contribution in [2.24, 2.45) is 0 Å². The van der Waals surface area contributed by atoms with E-state index in [-0.39, 0.29) is 17.6 Å². The zero-order valence-corrected chi connectivity index (χ0v) is 24.6. The molecule has 0 aromatic rings. The largest absolute Gasteiger partial charge is 0.481 e. The lowest BCUT2D eigenvalue weighted by Crippen LogP contribution is -2.12. The first-order valence-corrected chi connectivity index (χ1v) is 15.5. The van der Waals surface area contributed by atoms with E-state index in [2.05, 4.69) is 26.5 Å². The second-order valence-corrected chi connectivity index (χ2v) is 10.7. The number of carboxylic acids is 1. The van der Waals surface area contributed by atoms with Crippen LogP contribution >= 0.6 is 12.6 Å². The highest BCUT2D eigenvalue weighted by molar-refractivity contribution is 7.81. The Balaban J connectivity index is 0. The first-order valence-electron chi connectivity index (χ1n) is 15.0. The first kappa shape index (κ1) is 36.4. The highest BCUT2D eigenvalue weighted by atomic mass is 32.1. The maximum absolute atomic E-state index is 11.9. The Bertz CT molecular complexity index is 442. The molecule has 0 saturated carbocycles. The van der Waals surface area contributed by atoms with Gasteiger partial charge in [-0.25, -0.2) is 0 Å². The highest BCUT2D eigenvalue weighted by Crippen LogP contribution is 2.16. The molecule has 0 spiro atoms. The second kappa shape index (κ2) is 31.3. The first-order chi connectivity index (χ1) is 17.0. The number of carboxylic acid groups (broad SMARTS) is 1. The molecule has 0 aromatic heterocycles. The molecule has 0 amide bonds. The van der Waals surface area contributed by atoms with Gasteiger partial charge in [0.05, 0.1) is 13.0 Å². The number of carbonyl (C=O) groups is 2. The summed E-state index contributed by atoms with van der Waals surface area (Å²) in [6, 6.07) is 0. The minimum absolute atomic E-state index is 0.0574. The van der Waals surface area contributed by atoms with Gasteiger partial charge in [0, 0.05) is 11.7 Å². The number of carbonyl (C=O) groups excluding carboxylic acids is 1. The Morgan fingerprint density at radius 1 is 0.629 bits per heavy atom. The number of thiol groups is 1. The van der Waals surface area contributed by atoms with Gasteiger partial charge in [0.25, 0.3) is 0 Å². The topological polar surface area (TPSA) is 63.6 Å². The summed E-state index contributed by atoms with van der Waals surface area (Å²) >= 11 is 4.59. The van der Waals surface area contributed by atoms with Crippen LogP contribution in [0.15, 0.2) is 0 Å². The van der Waals surface area contributed by atoms with E-state index in [0.29, 0.717) is 13.0 Å². The molecule has 0 bridgehead atoms. The summed E-state index contributed by atoms with van der Waals surface area (Å²) in [7, 11) is 0. The lowest BCUT2D eigenvalue weighted by Gasteiger charge is -2.10. The van der Waals surface area contributed by atoms with Gasteiger partial charge in [-0.3, -0.25) is 9.59 Å². The van der Waals surface area contributed by atoms with Crippen LogP contribution in [0.2, 0.25) is 0 Å². The smallest absolute Gasteiger partial charge is 0.306 e. The molecular weight excluding hydrogens is 456 g/mol. The van der Waals surface area contributed by atoms with Crippen molar-refractivity contribution in [1.29, 1.82) is 0 Å². The molecular formula is C30H60O4S. The molecule has 4 nitrogen and oxygen atoms in total. The van der Waals surface area contributed by atoms with Crippen molar-refractivity contribution in [3.05, 3.63) is 0 Å². The highest BCUT2D eigenvalue weighted by Gasteiger charge is 2.10. The number of rotatable bonds is 25. The number of unbranched alkanes of at least 4 members (excludes halogenated alkanes) is 18. The van der Waals surface area contributed by atoms with Crippen LogP contribution in [0.25, 0.3) is 0 Å². The summed E-state index contributed by atoms with van der Waals surface area (Å²) in [4.78, 5) is 21.3. The fourth-order valence-electron chi connectivity index (χ4n) is 4.00. The third-order valence-electron chi connectivity index (χ3n) is 6.36. The summed E-state index contributed by atoms with van der Waals surface area (Å²) in [5, 5.41) is 7.89. The summed E-state index contributed by atoms with van der Waals surface area (Å²) in [5.41, 5.74) is 0. The van der Waals surface area contributed by atoms with Crippen LogP contribution in [-0.4, -0.2) is 28.9 Å². The van der Waals surface area contributed by atoms with Crippen molar-refractivity contribution in [2.75, 3.05) is 6.61 Å². The van der Waals surface area contributed by atoms with E-state index in [1.165, 1.54) is 122 Å². The van der Waals surface area contributed by atoms with Crippen LogP contribution in [-0.2, 0) is 14.3 Å². The van der Waals surface area contributed by atoms with E-state index in [1.807, 2.05) is 0 Å². The molecule has 5 heteroatoms. The van der Waals surface area contributed by atoms with E-state index < -0.39 is 5.97 Å². The van der Waals surface area contributed by atoms with Gasteiger partial charge in [0.1, 0.15) is 0 Å². The molecule has 0 fully saturated rings. The standard InChI is InChI=1S/C27H54O2S.C3H6O2/c1-3-5-7-9-11-13-15-17-19-21-23-26(30)25-27(28)29-24-22-20-18-16-14-12-10-8-6-4-2;1-2-3(4)5/h26,30H,3-25H2,1-2H3;2H2,1H3,(H,4,5). The molecule has 0 heterocycles. The SMILES string of the molecule is CCC(=O)O.CCCCCCCCCCCCOC(=O)CC(S)CCCCCCCCCCCC. The van der Waals surface area contributed by atoms with Crippen LogP contribution in [0.1, 0.15) is 168 Å². The lowest BCUT2D eigenvalue weighted by atomic mass is 10.0. The van der Waals surface area contributed by atoms with Gasteiger partial charge in [-0.05, 0) is 12.8 Å². The van der Waals surface area contributed by atoms with Crippen LogP contribution in [0.5, 0.6) is 0 Å². The minimum atomic E-state index is -0.745. The van der Waals surface area contributed by atoms with Crippen LogP contribution in [0.3, 0.4) is 0 Å². The zero-order valence-electron chi connectivity index (χ0n) is 23.7. The normalized spacial score (nSPS) is 11.5. The molecule has 0 saturated heterocycles. The number of hydrogen-bond acceptors (Lipinski definition) is 4. The summed E-state index contributed by atoms with van der Waals surface area (Å²) < 4.78 is 5.40. The molecule has 0 aliphatic carbocycles. The second-order valence-electron chi connectivity index (χ2n) is 9.98. The zero-order chi connectivity index (χ0) is 26.4. The van der Waals surface area contributed by atoms with Crippen molar-refractivity contribution >= 4 is 24.6 Å². The van der Waals surface area contributed by atoms with Gasteiger partial charge in [-0.15, -0.1) is 0 Å². The Hall–Kier alpha value is -0.710. The maximum Gasteiger partial charge on any atom is 0.306 e. The monoisotopic (exact) mass is 516 g/mol. The number of ether oxygens (including phenoxy) is 1. The fraction of sp³-hybridized carbons (Fsp3) is 0.933. The molecule has 1 atom stereocenters. The summed E-state index contributed by atoms with van der Waals surface area (Å²) in [5.74, 6) is -0.803. The van der Waals surface area contributed by atoms with Crippen molar-refractivity contribution in [3.63, 3.8) is 0 Å². The third-order valence-corrected chi connectivity index (χ3v) is 6.80. The predicted octanol–water partition coefficient (Wildman–Crippen LogP) is 9.93. The van der Waals surface area contributed by atoms with E-state index in [4.69, 9.17) is 9.84 Å². The molecule has 1 N–H and O–H groups in total. The molecule has 0 aliphatic heterocycles. The Morgan fingerprint density at radius 2 is 0.971 bits per heavy atom. The molecule has 35 heavy (non-hydrogen) atoms. The Labute approximate surface area is 224 Å². The quantitative estimate of drug-likeness (QED) is 0.0719. The van der Waals surface area contributed by atoms with Crippen molar-refractivity contribution in [1.82, 2.24) is 0 Å². The molecule has 0 radical (unpaired) electrons. The molecule has 0 aromatic carbocycles. The van der Waals surface area contributed by atoms with E-state index in [9.17, 15) is 9.59 Å². The molecule has 210 valence electrons. The van der Waals surface area contributed by atoms with E-state index in [1.54, 1.807) is 6.92 Å². The van der Waals surface area contributed by atoms with Crippen LogP contribution in [0.4, 0.5) is 0 Å². The number of esters is 1. The summed E-state index contributed by atoms with van der Waals surface area (Å²) in [6.07, 6.45) is 28.3. The Morgan fingerprint density at radius 3 is 1.34 bits per heavy atom. The van der Waals surface area contributed by atoms with Crippen molar-refractivity contribution in [3.8, 4) is 0 Å². The van der Waals surface area contributed by atoms with E-state index in [0.717, 1.165) is 12.8 Å².